The fourth-order valence-corrected chi connectivity index (χ4v) is 2.58. The highest BCUT2D eigenvalue weighted by Crippen LogP contribution is 2.64. The Morgan fingerprint density at radius 2 is 2.00 bits per heavy atom. The van der Waals surface area contributed by atoms with Gasteiger partial charge in [-0.3, -0.25) is 9.59 Å². The number of hydrogen-bond acceptors (Lipinski definition) is 4. The molecule has 1 aliphatic carbocycles. The van der Waals surface area contributed by atoms with E-state index in [9.17, 15) is 9.59 Å². The maximum Gasteiger partial charge on any atom is 0.315 e. The Kier molecular flexibility index (Phi) is 4.37. The van der Waals surface area contributed by atoms with Crippen LogP contribution in [-0.2, 0) is 14.3 Å². The lowest BCUT2D eigenvalue weighted by atomic mass is 10.1. The second-order valence-electron chi connectivity index (χ2n) is 5.41. The number of para-hydroxylation sites is 1. The highest BCUT2D eigenvalue weighted by molar-refractivity contribution is 6.53. The molecule has 1 aliphatic rings. The Labute approximate surface area is 138 Å². The molecule has 0 radical (unpaired) electrons. The molecule has 1 saturated carbocycles. The van der Waals surface area contributed by atoms with Crippen LogP contribution in [0.15, 0.2) is 24.3 Å². The molecule has 7 heteroatoms. The fraction of sp³-hybridized carbons (Fsp3) is 0.400. The zero-order chi connectivity index (χ0) is 16.5. The minimum Gasteiger partial charge on any atom is -0.452 e. The minimum atomic E-state index is -1.15. The van der Waals surface area contributed by atoms with Gasteiger partial charge in [0.25, 0.3) is 5.91 Å². The molecule has 1 N–H and O–H groups in total. The standard InChI is InChI=1S/C15H14Cl2N2O3/c1-9(22-13(21)14(2)8-15(14,16)17)12(20)19-11-6-4-3-5-10(11)7-18/h3-6,9H,8H2,1-2H3,(H,19,20)/t9-,14-/m0/s1. The highest BCUT2D eigenvalue weighted by Gasteiger charge is 2.69. The van der Waals surface area contributed by atoms with Gasteiger partial charge >= 0.3 is 5.97 Å². The van der Waals surface area contributed by atoms with Crippen molar-refractivity contribution in [2.24, 2.45) is 5.41 Å². The summed E-state index contributed by atoms with van der Waals surface area (Å²) in [7, 11) is 0. The molecule has 0 unspecified atom stereocenters. The molecule has 1 aromatic rings. The third-order valence-electron chi connectivity index (χ3n) is 3.67. The summed E-state index contributed by atoms with van der Waals surface area (Å²) in [5.41, 5.74) is -0.307. The van der Waals surface area contributed by atoms with Crippen LogP contribution in [0.25, 0.3) is 0 Å². The first-order valence-electron chi connectivity index (χ1n) is 6.60. The van der Waals surface area contributed by atoms with E-state index >= 15 is 0 Å². The van der Waals surface area contributed by atoms with Crippen LogP contribution >= 0.6 is 23.2 Å². The summed E-state index contributed by atoms with van der Waals surface area (Å²) in [5.74, 6) is -1.15. The molecule has 2 atom stereocenters. The average molecular weight is 341 g/mol. The predicted molar refractivity (Wildman–Crippen MR) is 82.5 cm³/mol. The van der Waals surface area contributed by atoms with Crippen molar-refractivity contribution in [2.75, 3.05) is 5.32 Å². The Bertz CT molecular complexity index is 669. The normalized spacial score (nSPS) is 23.0. The van der Waals surface area contributed by atoms with Crippen molar-refractivity contribution in [3.63, 3.8) is 0 Å². The number of carbonyl (C=O) groups is 2. The number of esters is 1. The van der Waals surface area contributed by atoms with E-state index in [0.29, 0.717) is 11.3 Å². The topological polar surface area (TPSA) is 79.2 Å². The molecule has 1 aromatic carbocycles. The Morgan fingerprint density at radius 1 is 1.41 bits per heavy atom. The van der Waals surface area contributed by atoms with Crippen molar-refractivity contribution in [3.8, 4) is 6.07 Å². The molecule has 22 heavy (non-hydrogen) atoms. The van der Waals surface area contributed by atoms with Crippen molar-refractivity contribution in [2.45, 2.75) is 30.7 Å². The van der Waals surface area contributed by atoms with E-state index < -0.39 is 27.7 Å². The largest absolute Gasteiger partial charge is 0.452 e. The van der Waals surface area contributed by atoms with Crippen LogP contribution in [0, 0.1) is 16.7 Å². The second-order valence-corrected chi connectivity index (χ2v) is 6.89. The van der Waals surface area contributed by atoms with E-state index in [2.05, 4.69) is 5.32 Å². The summed E-state index contributed by atoms with van der Waals surface area (Å²) < 4.78 is 3.97. The Morgan fingerprint density at radius 3 is 2.55 bits per heavy atom. The first-order chi connectivity index (χ1) is 10.2. The molecule has 0 saturated heterocycles. The summed E-state index contributed by atoms with van der Waals surface area (Å²) in [4.78, 5) is 24.1. The van der Waals surface area contributed by atoms with Crippen LogP contribution < -0.4 is 5.32 Å². The summed E-state index contributed by atoms with van der Waals surface area (Å²) in [6, 6.07) is 8.51. The SMILES string of the molecule is C[C@H](OC(=O)[C@]1(C)CC1(Cl)Cl)C(=O)Nc1ccccc1C#N. The third-order valence-corrected chi connectivity index (χ3v) is 4.77. The molecular weight excluding hydrogens is 327 g/mol. The van der Waals surface area contributed by atoms with Gasteiger partial charge in [0.1, 0.15) is 15.8 Å². The Balaban J connectivity index is 1.99. The number of halogens is 2. The summed E-state index contributed by atoms with van der Waals surface area (Å²) in [6.45, 7) is 3.03. The zero-order valence-corrected chi connectivity index (χ0v) is 13.5. The van der Waals surface area contributed by atoms with Crippen molar-refractivity contribution in [1.29, 1.82) is 5.26 Å². The number of nitrogens with one attached hydrogen (secondary N) is 1. The molecule has 116 valence electrons. The summed E-state index contributed by atoms with van der Waals surface area (Å²) in [5, 5.41) is 11.5. The quantitative estimate of drug-likeness (QED) is 0.674. The Hall–Kier alpha value is -1.77. The number of carbonyl (C=O) groups excluding carboxylic acids is 2. The second kappa shape index (κ2) is 5.79. The number of nitriles is 1. The summed E-state index contributed by atoms with van der Waals surface area (Å²) >= 11 is 11.8. The van der Waals surface area contributed by atoms with E-state index in [1.807, 2.05) is 6.07 Å². The van der Waals surface area contributed by atoms with Gasteiger partial charge in [-0.25, -0.2) is 0 Å². The highest BCUT2D eigenvalue weighted by atomic mass is 35.5. The van der Waals surface area contributed by atoms with E-state index in [-0.39, 0.29) is 6.42 Å². The molecule has 0 heterocycles. The smallest absolute Gasteiger partial charge is 0.315 e. The van der Waals surface area contributed by atoms with Gasteiger partial charge in [-0.05, 0) is 26.0 Å². The van der Waals surface area contributed by atoms with Crippen molar-refractivity contribution < 1.29 is 14.3 Å². The fourth-order valence-electron chi connectivity index (χ4n) is 1.89. The number of anilines is 1. The molecule has 5 nitrogen and oxygen atoms in total. The van der Waals surface area contributed by atoms with Crippen LogP contribution in [0.3, 0.4) is 0 Å². The van der Waals surface area contributed by atoms with Crippen molar-refractivity contribution in [3.05, 3.63) is 29.8 Å². The van der Waals surface area contributed by atoms with Crippen LogP contribution in [0.4, 0.5) is 5.69 Å². The van der Waals surface area contributed by atoms with Crippen LogP contribution in [0.5, 0.6) is 0 Å². The monoisotopic (exact) mass is 340 g/mol. The van der Waals surface area contributed by atoms with Gasteiger partial charge in [0, 0.05) is 6.42 Å². The number of hydrogen-bond donors (Lipinski definition) is 1. The number of nitrogens with zero attached hydrogens (tertiary/aromatic N) is 1. The van der Waals surface area contributed by atoms with Gasteiger partial charge < -0.3 is 10.1 Å². The molecule has 0 aliphatic heterocycles. The lowest BCUT2D eigenvalue weighted by Gasteiger charge is -2.17. The number of benzene rings is 1. The van der Waals surface area contributed by atoms with Gasteiger partial charge in [-0.2, -0.15) is 5.26 Å². The lowest BCUT2D eigenvalue weighted by molar-refractivity contribution is -0.158. The zero-order valence-electron chi connectivity index (χ0n) is 12.0. The number of rotatable bonds is 4. The van der Waals surface area contributed by atoms with Crippen LogP contribution in [-0.4, -0.2) is 22.3 Å². The number of ether oxygens (including phenoxy) is 1. The van der Waals surface area contributed by atoms with Crippen LogP contribution in [0.2, 0.25) is 0 Å². The van der Waals surface area contributed by atoms with Crippen LogP contribution in [0.1, 0.15) is 25.8 Å². The van der Waals surface area contributed by atoms with E-state index in [1.54, 1.807) is 31.2 Å². The lowest BCUT2D eigenvalue weighted by Crippen LogP contribution is -2.33. The minimum absolute atomic E-state index is 0.285. The maximum absolute atomic E-state index is 12.1. The van der Waals surface area contributed by atoms with Gasteiger partial charge in [-0.15, -0.1) is 23.2 Å². The maximum atomic E-state index is 12.1. The van der Waals surface area contributed by atoms with E-state index in [4.69, 9.17) is 33.2 Å². The van der Waals surface area contributed by atoms with Gasteiger partial charge in [0.05, 0.1) is 11.3 Å². The molecular formula is C15H14Cl2N2O3. The molecule has 0 bridgehead atoms. The first kappa shape index (κ1) is 16.6. The molecule has 1 amide bonds. The molecule has 0 aromatic heterocycles. The predicted octanol–water partition coefficient (Wildman–Crippen LogP) is 3.01. The average Bonchev–Trinajstić information content (AvgIpc) is 2.99. The number of alkyl halides is 2. The van der Waals surface area contributed by atoms with E-state index in [0.717, 1.165) is 0 Å². The molecule has 2 rings (SSSR count). The third kappa shape index (κ3) is 3.03. The van der Waals surface area contributed by atoms with Gasteiger partial charge in [0.2, 0.25) is 0 Å². The van der Waals surface area contributed by atoms with Gasteiger partial charge in [0.15, 0.2) is 6.10 Å². The molecule has 0 spiro atoms. The van der Waals surface area contributed by atoms with Crippen molar-refractivity contribution >= 4 is 40.8 Å². The van der Waals surface area contributed by atoms with E-state index in [1.165, 1.54) is 6.92 Å². The molecule has 1 fully saturated rings. The van der Waals surface area contributed by atoms with Gasteiger partial charge in [-0.1, -0.05) is 12.1 Å². The number of amides is 1. The first-order valence-corrected chi connectivity index (χ1v) is 7.36. The summed E-state index contributed by atoms with van der Waals surface area (Å²) in [6.07, 6.45) is -0.742. The van der Waals surface area contributed by atoms with Crippen molar-refractivity contribution in [1.82, 2.24) is 0 Å².